The van der Waals surface area contributed by atoms with Crippen molar-refractivity contribution in [1.29, 1.82) is 0 Å². The molecular formula is C53H85N3O17. The van der Waals surface area contributed by atoms with Crippen molar-refractivity contribution in [2.24, 2.45) is 23.5 Å². The number of carbonyl (C=O) groups excluding carboxylic acids is 2. The highest BCUT2D eigenvalue weighted by Gasteiger charge is 2.51. The smallest absolute Gasteiger partial charge is 0.308 e. The van der Waals surface area contributed by atoms with Gasteiger partial charge in [-0.05, 0) is 33.1 Å². The first-order valence-corrected chi connectivity index (χ1v) is 25.7. The zero-order valence-corrected chi connectivity index (χ0v) is 42.7. The minimum Gasteiger partial charge on any atom is -0.462 e. The number of hydrogen-bond donors (Lipinski definition) is 12. The molecule has 20 nitrogen and oxygen atoms in total. The van der Waals surface area contributed by atoms with Gasteiger partial charge in [-0.15, -0.1) is 0 Å². The fourth-order valence-corrected chi connectivity index (χ4v) is 9.27. The lowest BCUT2D eigenvalue weighted by atomic mass is 9.82. The summed E-state index contributed by atoms with van der Waals surface area (Å²) in [4.78, 5) is 28.8. The molecule has 0 aromatic carbocycles. The summed E-state index contributed by atoms with van der Waals surface area (Å²) in [6.45, 7) is 10.0. The first kappa shape index (κ1) is 62.0. The average molecular weight is 1040 g/mol. The van der Waals surface area contributed by atoms with Crippen LogP contribution >= 0.6 is 0 Å². The monoisotopic (exact) mass is 1040 g/mol. The van der Waals surface area contributed by atoms with Gasteiger partial charge in [-0.2, -0.15) is 0 Å². The SMILES string of the molecule is CC1/C=C/C=C\C=C\C=C\C=C\C=C\C=C\C(OC2OC(C)C(O)C(N)C2O)CC2OC(O)(CC(O)CC(O)C(O)CCC(O)CC(O)CC(=O)OC(C)C(C)C1O)CC(O)C2C(=O)NCCN1CCOCC1. The number of aliphatic hydroxyl groups excluding tert-OH is 9. The molecule has 0 spiro atoms. The Morgan fingerprint density at radius 1 is 0.712 bits per heavy atom. The minimum absolute atomic E-state index is 0.0939. The van der Waals surface area contributed by atoms with Gasteiger partial charge in [0.15, 0.2) is 12.1 Å². The molecule has 1 amide bonds. The van der Waals surface area contributed by atoms with Crippen molar-refractivity contribution in [1.82, 2.24) is 10.2 Å². The van der Waals surface area contributed by atoms with Gasteiger partial charge >= 0.3 is 5.97 Å². The molecule has 4 heterocycles. The summed E-state index contributed by atoms with van der Waals surface area (Å²) in [6.07, 6.45) is 4.85. The van der Waals surface area contributed by atoms with Crippen molar-refractivity contribution < 1.29 is 84.3 Å². The molecule has 0 aromatic rings. The van der Waals surface area contributed by atoms with Crippen LogP contribution in [0.1, 0.15) is 79.1 Å². The molecule has 0 aliphatic carbocycles. The molecule has 19 atom stereocenters. The molecule has 0 radical (unpaired) electrons. The van der Waals surface area contributed by atoms with E-state index in [2.05, 4.69) is 10.2 Å². The largest absolute Gasteiger partial charge is 0.462 e. The molecular weight excluding hydrogens is 951 g/mol. The number of ether oxygens (including phenoxy) is 5. The van der Waals surface area contributed by atoms with E-state index in [1.165, 1.54) is 0 Å². The molecule has 414 valence electrons. The van der Waals surface area contributed by atoms with Crippen molar-refractivity contribution in [3.63, 3.8) is 0 Å². The summed E-state index contributed by atoms with van der Waals surface area (Å²) < 4.78 is 29.3. The van der Waals surface area contributed by atoms with E-state index in [0.717, 1.165) is 0 Å². The van der Waals surface area contributed by atoms with Crippen LogP contribution in [0, 0.1) is 17.8 Å². The molecule has 2 bridgehead atoms. The number of hydrogen-bond acceptors (Lipinski definition) is 19. The van der Waals surface area contributed by atoms with Gasteiger partial charge in [0.1, 0.15) is 12.2 Å². The fraction of sp³-hybridized carbons (Fsp3) is 0.698. The van der Waals surface area contributed by atoms with E-state index < -0.39 is 147 Å². The Morgan fingerprint density at radius 3 is 1.95 bits per heavy atom. The Balaban J connectivity index is 1.59. The summed E-state index contributed by atoms with van der Waals surface area (Å²) in [5, 5.41) is 113. The second kappa shape index (κ2) is 31.5. The quantitative estimate of drug-likeness (QED) is 0.157. The normalized spacial score (nSPS) is 43.3. The molecule has 0 aromatic heterocycles. The maximum atomic E-state index is 14.0. The number of cyclic esters (lactones) is 1. The van der Waals surface area contributed by atoms with E-state index in [9.17, 15) is 60.7 Å². The lowest BCUT2D eigenvalue weighted by molar-refractivity contribution is -0.307. The van der Waals surface area contributed by atoms with E-state index in [-0.39, 0.29) is 38.1 Å². The number of rotatable bonds is 6. The van der Waals surface area contributed by atoms with Crippen LogP contribution in [-0.4, -0.2) is 205 Å². The summed E-state index contributed by atoms with van der Waals surface area (Å²) in [5.41, 5.74) is 6.13. The highest BCUT2D eigenvalue weighted by Crippen LogP contribution is 2.38. The van der Waals surface area contributed by atoms with E-state index in [1.807, 2.05) is 49.5 Å². The highest BCUT2D eigenvalue weighted by molar-refractivity contribution is 5.80. The average Bonchev–Trinajstić information content (AvgIpc) is 3.33. The molecule has 20 heteroatoms. The van der Waals surface area contributed by atoms with Crippen LogP contribution in [0.4, 0.5) is 0 Å². The second-order valence-electron chi connectivity index (χ2n) is 20.0. The van der Waals surface area contributed by atoms with Gasteiger partial charge in [0.2, 0.25) is 5.91 Å². The Labute approximate surface area is 429 Å². The number of esters is 1. The van der Waals surface area contributed by atoms with E-state index in [1.54, 1.807) is 63.3 Å². The third-order valence-corrected chi connectivity index (χ3v) is 13.9. The highest BCUT2D eigenvalue weighted by atomic mass is 16.7. The first-order chi connectivity index (χ1) is 34.7. The van der Waals surface area contributed by atoms with Gasteiger partial charge in [-0.25, -0.2) is 0 Å². The molecule has 3 fully saturated rings. The molecule has 3 saturated heterocycles. The van der Waals surface area contributed by atoms with Crippen LogP contribution in [0.25, 0.3) is 0 Å². The van der Waals surface area contributed by atoms with E-state index in [4.69, 9.17) is 29.4 Å². The van der Waals surface area contributed by atoms with Gasteiger partial charge in [0.05, 0.1) is 98.7 Å². The fourth-order valence-electron chi connectivity index (χ4n) is 9.27. The van der Waals surface area contributed by atoms with Crippen LogP contribution in [-0.2, 0) is 33.3 Å². The number of nitrogens with two attached hydrogens (primary N) is 1. The summed E-state index contributed by atoms with van der Waals surface area (Å²) >= 11 is 0. The van der Waals surface area contributed by atoms with Crippen LogP contribution in [0.5, 0.6) is 0 Å². The van der Waals surface area contributed by atoms with Crippen molar-refractivity contribution >= 4 is 11.9 Å². The van der Waals surface area contributed by atoms with E-state index >= 15 is 0 Å². The van der Waals surface area contributed by atoms with Crippen molar-refractivity contribution in [3.05, 3.63) is 85.1 Å². The van der Waals surface area contributed by atoms with E-state index in [0.29, 0.717) is 32.8 Å². The lowest BCUT2D eigenvalue weighted by Crippen LogP contribution is -2.62. The summed E-state index contributed by atoms with van der Waals surface area (Å²) in [5.74, 6) is -5.57. The molecule has 13 N–H and O–H groups in total. The summed E-state index contributed by atoms with van der Waals surface area (Å²) in [7, 11) is 0. The molecule has 73 heavy (non-hydrogen) atoms. The predicted octanol–water partition coefficient (Wildman–Crippen LogP) is 0.0755. The number of aliphatic hydroxyl groups is 10. The third kappa shape index (κ3) is 21.2. The van der Waals surface area contributed by atoms with Crippen LogP contribution in [0.3, 0.4) is 0 Å². The van der Waals surface area contributed by atoms with Crippen LogP contribution < -0.4 is 11.1 Å². The number of amides is 1. The van der Waals surface area contributed by atoms with Gasteiger partial charge < -0.3 is 85.8 Å². The number of morpholine rings is 1. The first-order valence-electron chi connectivity index (χ1n) is 25.7. The minimum atomic E-state index is -2.27. The Kier molecular flexibility index (Phi) is 26.8. The molecule has 0 saturated carbocycles. The maximum Gasteiger partial charge on any atom is 0.308 e. The zero-order valence-electron chi connectivity index (χ0n) is 42.7. The third-order valence-electron chi connectivity index (χ3n) is 13.9. The second-order valence-corrected chi connectivity index (χ2v) is 20.0. The molecule has 4 rings (SSSR count). The molecule has 4 aliphatic rings. The van der Waals surface area contributed by atoms with Crippen LogP contribution in [0.2, 0.25) is 0 Å². The zero-order chi connectivity index (χ0) is 53.7. The number of carbonyl (C=O) groups is 2. The standard InChI is InChI=1S/C53H85N3O17/c1-33-17-15-13-11-9-7-5-6-8-10-12-14-16-18-40(72-52-50(66)47(54)49(65)36(4)71-52)30-44-46(51(67)55-21-22-56-23-25-69-26-24-56)43(62)32-53(68,73-44)31-39(59)28-42(61)41(60)20-19-37(57)27-38(58)29-45(63)70-35(3)34(2)48(33)64/h5-18,33-44,46-50,52,57-62,64-66,68H,19-32,54H2,1-4H3,(H,55,67)/b6-5+,9-7+,10-8+,13-11-,14-12+,17-15+,18-16+. The topological polar surface area (TPSA) is 324 Å². The Bertz CT molecular complexity index is 1860. The van der Waals surface area contributed by atoms with Crippen molar-refractivity contribution in [3.8, 4) is 0 Å². The molecule has 19 unspecified atom stereocenters. The number of nitrogens with zero attached hydrogens (tertiary/aromatic N) is 1. The lowest BCUT2D eigenvalue weighted by Gasteiger charge is -2.46. The van der Waals surface area contributed by atoms with Crippen molar-refractivity contribution in [2.45, 2.75) is 177 Å². The maximum absolute atomic E-state index is 14.0. The van der Waals surface area contributed by atoms with Gasteiger partial charge in [-0.1, -0.05) is 98.9 Å². The van der Waals surface area contributed by atoms with Gasteiger partial charge in [0, 0.05) is 63.7 Å². The number of nitrogens with one attached hydrogen (secondary N) is 1. The number of allylic oxidation sites excluding steroid dienone is 12. The van der Waals surface area contributed by atoms with Crippen LogP contribution in [0.15, 0.2) is 85.1 Å². The Morgan fingerprint density at radius 2 is 1.32 bits per heavy atom. The summed E-state index contributed by atoms with van der Waals surface area (Å²) in [6, 6.07) is -1.13. The van der Waals surface area contributed by atoms with Gasteiger partial charge in [0.25, 0.3) is 0 Å². The Hall–Kier alpha value is -3.52. The molecule has 4 aliphatic heterocycles. The predicted molar refractivity (Wildman–Crippen MR) is 270 cm³/mol. The van der Waals surface area contributed by atoms with Gasteiger partial charge in [-0.3, -0.25) is 14.5 Å². The number of fused-ring (bicyclic) bond motifs is 2. The van der Waals surface area contributed by atoms with Crippen molar-refractivity contribution in [2.75, 3.05) is 39.4 Å².